The molecule has 0 rings (SSSR count). The predicted molar refractivity (Wildman–Crippen MR) is 312 cm³/mol. The molecule has 0 aromatic carbocycles. The molecule has 0 aromatic heterocycles. The summed E-state index contributed by atoms with van der Waals surface area (Å²) in [5.41, 5.74) is 0. The Morgan fingerprint density at radius 1 is 0.479 bits per heavy atom. The Hall–Kier alpha value is -2.55. The first kappa shape index (κ1) is 70.5. The van der Waals surface area contributed by atoms with Gasteiger partial charge in [-0.2, -0.15) is 0 Å². The maximum Gasteiger partial charge on any atom is 0.306 e. The van der Waals surface area contributed by atoms with Gasteiger partial charge in [0.2, 0.25) is 5.91 Å². The van der Waals surface area contributed by atoms with Crippen molar-refractivity contribution in [2.45, 2.75) is 277 Å². The molecule has 9 nitrogen and oxygen atoms in total. The molecule has 0 saturated carbocycles. The third-order valence-corrected chi connectivity index (χ3v) is 14.1. The molecule has 0 radical (unpaired) electrons. The van der Waals surface area contributed by atoms with Gasteiger partial charge in [-0.15, -0.1) is 0 Å². The maximum absolute atomic E-state index is 13.5. The van der Waals surface area contributed by atoms with E-state index in [1.54, 1.807) is 0 Å². The van der Waals surface area contributed by atoms with Gasteiger partial charge in [-0.1, -0.05) is 222 Å². The van der Waals surface area contributed by atoms with E-state index in [0.29, 0.717) is 23.9 Å². The summed E-state index contributed by atoms with van der Waals surface area (Å²) in [7, 11) is 1.16. The number of nitrogens with zero attached hydrogens (tertiary/aromatic N) is 1. The van der Waals surface area contributed by atoms with Crippen LogP contribution in [-0.2, 0) is 27.9 Å². The van der Waals surface area contributed by atoms with E-state index >= 15 is 0 Å². The van der Waals surface area contributed by atoms with Crippen LogP contribution < -0.4 is 10.2 Å². The van der Waals surface area contributed by atoms with Gasteiger partial charge in [-0.3, -0.25) is 14.2 Å². The Morgan fingerprint density at radius 2 is 0.836 bits per heavy atom. The highest BCUT2D eigenvalue weighted by Crippen LogP contribution is 2.38. The zero-order valence-electron chi connectivity index (χ0n) is 48.3. The second kappa shape index (κ2) is 52.9. The molecule has 1 N–H and O–H groups in total. The second-order valence-electron chi connectivity index (χ2n) is 21.5. The van der Waals surface area contributed by atoms with Crippen LogP contribution in [0.4, 0.5) is 0 Å². The van der Waals surface area contributed by atoms with Gasteiger partial charge in [0.1, 0.15) is 19.3 Å². The lowest BCUT2D eigenvalue weighted by atomic mass is 10.1. The van der Waals surface area contributed by atoms with E-state index < -0.39 is 26.6 Å². The minimum atomic E-state index is -4.70. The number of esters is 1. The van der Waals surface area contributed by atoms with Crippen molar-refractivity contribution in [2.24, 2.45) is 0 Å². The van der Waals surface area contributed by atoms with E-state index in [1.165, 1.54) is 128 Å². The van der Waals surface area contributed by atoms with Crippen LogP contribution in [-0.4, -0.2) is 69.4 Å². The largest absolute Gasteiger partial charge is 0.756 e. The molecule has 0 bridgehead atoms. The number of ether oxygens (including phenoxy) is 1. The van der Waals surface area contributed by atoms with Gasteiger partial charge in [0.25, 0.3) is 7.82 Å². The van der Waals surface area contributed by atoms with Crippen molar-refractivity contribution in [3.63, 3.8) is 0 Å². The fourth-order valence-corrected chi connectivity index (χ4v) is 9.10. The Bertz CT molecular complexity index is 1480. The number of hydrogen-bond acceptors (Lipinski definition) is 7. The molecule has 10 heteroatoms. The van der Waals surface area contributed by atoms with Crippen LogP contribution in [0.1, 0.15) is 265 Å². The molecule has 0 fully saturated rings. The van der Waals surface area contributed by atoms with E-state index in [4.69, 9.17) is 13.8 Å². The molecule has 3 unspecified atom stereocenters. The standard InChI is InChI=1S/C63H115N2O7P/c1-7-10-13-16-19-22-25-27-28-29-30-31-32-33-34-35-36-38-40-43-46-49-52-55-62(66)64-60(59-71-73(68,69)70-58-57-65(4,5)6)61(54-51-48-45-42-39-24-21-18-15-12-9-3)72-63(67)56-53-50-47-44-41-37-26-23-20-17-14-11-8-2/h19,22,27-28,30-31,33-34,37,41,51,54,60-61H,7-18,20-21,23-26,29,32,35-36,38-40,42-50,52-53,55-59H2,1-6H3,(H-,64,66,68,69)/b22-19-,28-27-,31-30-,34-33-,41-37-,54-51-. The first-order chi connectivity index (χ1) is 35.4. The third kappa shape index (κ3) is 54.1. The number of quaternary nitrogens is 1. The predicted octanol–water partition coefficient (Wildman–Crippen LogP) is 17.8. The van der Waals surface area contributed by atoms with Crippen molar-refractivity contribution in [2.75, 3.05) is 40.9 Å². The van der Waals surface area contributed by atoms with Crippen molar-refractivity contribution >= 4 is 19.7 Å². The fourth-order valence-electron chi connectivity index (χ4n) is 8.38. The molecule has 73 heavy (non-hydrogen) atoms. The van der Waals surface area contributed by atoms with E-state index in [9.17, 15) is 19.0 Å². The SMILES string of the molecule is CCCCC/C=C\C/C=C\C/C=C\C/C=C\CCCCCCCCCC(=O)NC(COP(=O)([O-])OCC[N+](C)(C)C)C(/C=C\CCCCCCCCCCC)OC(=O)CCCCC/C=C\CCCCCCCC. The molecule has 424 valence electrons. The van der Waals surface area contributed by atoms with Crippen LogP contribution in [0.15, 0.2) is 72.9 Å². The van der Waals surface area contributed by atoms with Gasteiger partial charge in [0.15, 0.2) is 0 Å². The van der Waals surface area contributed by atoms with Gasteiger partial charge in [-0.25, -0.2) is 0 Å². The monoisotopic (exact) mass is 1040 g/mol. The average molecular weight is 1040 g/mol. The number of likely N-dealkylation sites (N-methyl/N-ethyl adjacent to an activating group) is 1. The van der Waals surface area contributed by atoms with Gasteiger partial charge in [-0.05, 0) is 102 Å². The van der Waals surface area contributed by atoms with Gasteiger partial charge < -0.3 is 28.5 Å². The lowest BCUT2D eigenvalue weighted by Crippen LogP contribution is -2.47. The number of hydrogen-bond donors (Lipinski definition) is 1. The summed E-state index contributed by atoms with van der Waals surface area (Å²) in [4.78, 5) is 39.9. The molecule has 0 spiro atoms. The number of carbonyl (C=O) groups excluding carboxylic acids is 2. The maximum atomic E-state index is 13.5. The molecular formula is C63H115N2O7P. The second-order valence-corrected chi connectivity index (χ2v) is 22.9. The molecule has 3 atom stereocenters. The van der Waals surface area contributed by atoms with E-state index in [1.807, 2.05) is 33.3 Å². The molecule has 0 aliphatic heterocycles. The highest BCUT2D eigenvalue weighted by atomic mass is 31.2. The molecule has 0 aromatic rings. The number of allylic oxidation sites excluding steroid dienone is 11. The first-order valence-electron chi connectivity index (χ1n) is 30.2. The summed E-state index contributed by atoms with van der Waals surface area (Å²) in [5, 5.41) is 3.01. The number of phosphoric acid groups is 1. The van der Waals surface area contributed by atoms with Gasteiger partial charge in [0, 0.05) is 12.8 Å². The smallest absolute Gasteiger partial charge is 0.306 e. The lowest BCUT2D eigenvalue weighted by molar-refractivity contribution is -0.870. The van der Waals surface area contributed by atoms with E-state index in [-0.39, 0.29) is 24.9 Å². The van der Waals surface area contributed by atoms with Crippen molar-refractivity contribution in [1.29, 1.82) is 0 Å². The molecule has 0 aliphatic rings. The zero-order chi connectivity index (χ0) is 53.6. The third-order valence-electron chi connectivity index (χ3n) is 13.1. The van der Waals surface area contributed by atoms with E-state index in [0.717, 1.165) is 96.3 Å². The van der Waals surface area contributed by atoms with Crippen molar-refractivity contribution in [3.05, 3.63) is 72.9 Å². The molecule has 0 aliphatic carbocycles. The Balaban J connectivity index is 5.22. The Morgan fingerprint density at radius 3 is 1.30 bits per heavy atom. The normalized spacial score (nSPS) is 14.2. The fraction of sp³-hybridized carbons (Fsp3) is 0.778. The van der Waals surface area contributed by atoms with Gasteiger partial charge >= 0.3 is 5.97 Å². The van der Waals surface area contributed by atoms with Crippen LogP contribution in [0, 0.1) is 0 Å². The summed E-state index contributed by atoms with van der Waals surface area (Å²) in [5.74, 6) is -0.573. The van der Waals surface area contributed by atoms with Crippen molar-refractivity contribution in [1.82, 2.24) is 5.32 Å². The number of nitrogens with one attached hydrogen (secondary N) is 1. The highest BCUT2D eigenvalue weighted by molar-refractivity contribution is 7.45. The number of phosphoric ester groups is 1. The van der Waals surface area contributed by atoms with Crippen molar-refractivity contribution < 1.29 is 37.3 Å². The van der Waals surface area contributed by atoms with Crippen LogP contribution in [0.3, 0.4) is 0 Å². The summed E-state index contributed by atoms with van der Waals surface area (Å²) < 4.78 is 30.2. The van der Waals surface area contributed by atoms with Crippen molar-refractivity contribution in [3.8, 4) is 0 Å². The summed E-state index contributed by atoms with van der Waals surface area (Å²) in [6, 6.07) is -0.901. The summed E-state index contributed by atoms with van der Waals surface area (Å²) >= 11 is 0. The Labute approximate surface area is 451 Å². The van der Waals surface area contributed by atoms with Crippen LogP contribution >= 0.6 is 7.82 Å². The number of amides is 1. The molecular weight excluding hydrogens is 928 g/mol. The topological polar surface area (TPSA) is 114 Å². The van der Waals surface area contributed by atoms with Crippen LogP contribution in [0.25, 0.3) is 0 Å². The summed E-state index contributed by atoms with van der Waals surface area (Å²) in [6.45, 7) is 6.78. The zero-order valence-corrected chi connectivity index (χ0v) is 49.2. The van der Waals surface area contributed by atoms with Crippen LogP contribution in [0.2, 0.25) is 0 Å². The first-order valence-corrected chi connectivity index (χ1v) is 31.7. The lowest BCUT2D eigenvalue weighted by Gasteiger charge is -2.30. The number of rotatable bonds is 54. The average Bonchev–Trinajstić information content (AvgIpc) is 3.35. The minimum absolute atomic E-state index is 0.0291. The Kier molecular flexibility index (Phi) is 51.0. The quantitative estimate of drug-likeness (QED) is 0.0212. The minimum Gasteiger partial charge on any atom is -0.756 e. The van der Waals surface area contributed by atoms with Gasteiger partial charge in [0.05, 0.1) is 33.8 Å². The molecule has 0 heterocycles. The highest BCUT2D eigenvalue weighted by Gasteiger charge is 2.27. The molecule has 1 amide bonds. The summed E-state index contributed by atoms with van der Waals surface area (Å²) in [6.07, 6.45) is 67.2. The number of unbranched alkanes of at least 4 members (excludes halogenated alkanes) is 28. The van der Waals surface area contributed by atoms with E-state index in [2.05, 4.69) is 86.8 Å². The number of carbonyl (C=O) groups is 2. The molecule has 0 saturated heterocycles. The van der Waals surface area contributed by atoms with Crippen LogP contribution in [0.5, 0.6) is 0 Å².